The summed E-state index contributed by atoms with van der Waals surface area (Å²) < 4.78 is 29.8. The van der Waals surface area contributed by atoms with Crippen LogP contribution in [-0.4, -0.2) is 57.7 Å². The summed E-state index contributed by atoms with van der Waals surface area (Å²) in [4.78, 5) is 34.2. The van der Waals surface area contributed by atoms with Crippen LogP contribution in [0.25, 0.3) is 6.08 Å². The molecule has 11 heteroatoms. The van der Waals surface area contributed by atoms with Crippen molar-refractivity contribution in [1.82, 2.24) is 4.57 Å². The van der Waals surface area contributed by atoms with Gasteiger partial charge in [0.15, 0.2) is 10.7 Å². The molecule has 1 aromatic carbocycles. The first kappa shape index (κ1) is 25.8. The van der Waals surface area contributed by atoms with Gasteiger partial charge in [0.05, 0.1) is 49.8 Å². The van der Waals surface area contributed by atoms with Gasteiger partial charge in [-0.2, -0.15) is 0 Å². The number of carbonyl (C=O) groups excluding carboxylic acids is 1. The molecule has 0 bridgehead atoms. The van der Waals surface area contributed by atoms with Gasteiger partial charge < -0.3 is 28.3 Å². The number of anilines is 1. The lowest BCUT2D eigenvalue weighted by Crippen LogP contribution is -2.40. The van der Waals surface area contributed by atoms with E-state index < -0.39 is 12.0 Å². The van der Waals surface area contributed by atoms with Crippen LogP contribution in [0, 0.1) is 0 Å². The monoisotopic (exact) mass is 539 g/mol. The molecule has 2 aliphatic rings. The van der Waals surface area contributed by atoms with Gasteiger partial charge in [0.25, 0.3) is 5.56 Å². The molecule has 0 N–H and O–H groups in total. The van der Waals surface area contributed by atoms with Crippen molar-refractivity contribution in [2.45, 2.75) is 19.9 Å². The number of carbonyl (C=O) groups is 1. The quantitative estimate of drug-likeness (QED) is 0.421. The average Bonchev–Trinajstić information content (AvgIpc) is 3.52. The molecule has 0 saturated carbocycles. The van der Waals surface area contributed by atoms with Crippen LogP contribution in [0.5, 0.6) is 11.5 Å². The van der Waals surface area contributed by atoms with E-state index in [4.69, 9.17) is 23.4 Å². The number of allylic oxidation sites excluding steroid dienone is 1. The third kappa shape index (κ3) is 4.74. The van der Waals surface area contributed by atoms with E-state index in [-0.39, 0.29) is 17.7 Å². The maximum atomic E-state index is 13.8. The molecule has 2 aromatic heterocycles. The van der Waals surface area contributed by atoms with Crippen LogP contribution in [0.15, 0.2) is 55.8 Å². The number of hydrogen-bond donors (Lipinski definition) is 0. The van der Waals surface area contributed by atoms with Crippen molar-refractivity contribution in [3.8, 4) is 11.5 Å². The highest BCUT2D eigenvalue weighted by Gasteiger charge is 2.35. The highest BCUT2D eigenvalue weighted by Crippen LogP contribution is 2.37. The molecule has 1 unspecified atom stereocenters. The van der Waals surface area contributed by atoms with Gasteiger partial charge in [0, 0.05) is 36.9 Å². The molecule has 3 aromatic rings. The molecule has 0 radical (unpaired) electrons. The minimum Gasteiger partial charge on any atom is -0.497 e. The molecule has 2 aliphatic heterocycles. The third-order valence-electron chi connectivity index (χ3n) is 6.46. The molecule has 38 heavy (non-hydrogen) atoms. The first-order valence-electron chi connectivity index (χ1n) is 12.3. The fraction of sp³-hybridized carbons (Fsp3) is 0.370. The predicted molar refractivity (Wildman–Crippen MR) is 142 cm³/mol. The maximum Gasteiger partial charge on any atom is 0.338 e. The molecule has 5 rings (SSSR count). The largest absolute Gasteiger partial charge is 0.497 e. The Morgan fingerprint density at radius 3 is 2.68 bits per heavy atom. The summed E-state index contributed by atoms with van der Waals surface area (Å²) in [6.45, 7) is 6.45. The first-order valence-corrected chi connectivity index (χ1v) is 13.1. The molecule has 200 valence electrons. The Hall–Kier alpha value is -3.83. The Kier molecular flexibility index (Phi) is 7.39. The minimum absolute atomic E-state index is 0.191. The number of esters is 1. The Labute approximate surface area is 223 Å². The van der Waals surface area contributed by atoms with Crippen molar-refractivity contribution >= 4 is 29.3 Å². The second-order valence-corrected chi connectivity index (χ2v) is 9.69. The molecule has 4 heterocycles. The average molecular weight is 540 g/mol. The smallest absolute Gasteiger partial charge is 0.338 e. The minimum atomic E-state index is -0.797. The molecule has 1 fully saturated rings. The number of ether oxygens (including phenoxy) is 4. The lowest BCUT2D eigenvalue weighted by Gasteiger charge is -2.26. The SMILES string of the molecule is CCOC(=O)C1=C(C)N=c2sc(=Cc3ccc(N4CCOCC4)o3)c(=O)n2C1c1ccc(OC)cc1OC. The van der Waals surface area contributed by atoms with Crippen molar-refractivity contribution in [2.75, 3.05) is 52.0 Å². The van der Waals surface area contributed by atoms with Gasteiger partial charge in [-0.1, -0.05) is 11.3 Å². The summed E-state index contributed by atoms with van der Waals surface area (Å²) in [5.74, 6) is 1.81. The molecule has 1 saturated heterocycles. The van der Waals surface area contributed by atoms with Gasteiger partial charge in [-0.3, -0.25) is 9.36 Å². The van der Waals surface area contributed by atoms with E-state index in [1.165, 1.54) is 23.0 Å². The molecule has 0 spiro atoms. The van der Waals surface area contributed by atoms with Crippen LogP contribution in [0.4, 0.5) is 5.88 Å². The van der Waals surface area contributed by atoms with Crippen LogP contribution < -0.4 is 29.3 Å². The summed E-state index contributed by atoms with van der Waals surface area (Å²) in [5.41, 5.74) is 1.08. The zero-order valence-electron chi connectivity index (χ0n) is 21.7. The summed E-state index contributed by atoms with van der Waals surface area (Å²) >= 11 is 1.23. The Bertz CT molecular complexity index is 1560. The Balaban J connectivity index is 1.64. The number of morpholine rings is 1. The lowest BCUT2D eigenvalue weighted by atomic mass is 9.95. The van der Waals surface area contributed by atoms with Gasteiger partial charge in [-0.15, -0.1) is 0 Å². The summed E-state index contributed by atoms with van der Waals surface area (Å²) in [6.07, 6.45) is 1.71. The van der Waals surface area contributed by atoms with Gasteiger partial charge in [0.1, 0.15) is 23.3 Å². The van der Waals surface area contributed by atoms with Gasteiger partial charge in [0.2, 0.25) is 0 Å². The third-order valence-corrected chi connectivity index (χ3v) is 7.44. The zero-order valence-corrected chi connectivity index (χ0v) is 22.5. The van der Waals surface area contributed by atoms with E-state index in [1.807, 2.05) is 12.1 Å². The first-order chi connectivity index (χ1) is 18.4. The number of nitrogens with zero attached hydrogens (tertiary/aromatic N) is 3. The normalized spacial score (nSPS) is 17.7. The summed E-state index contributed by atoms with van der Waals surface area (Å²) in [5, 5.41) is 0. The van der Waals surface area contributed by atoms with Crippen LogP contribution >= 0.6 is 11.3 Å². The van der Waals surface area contributed by atoms with Crippen molar-refractivity contribution < 1.29 is 28.2 Å². The Morgan fingerprint density at radius 2 is 1.97 bits per heavy atom. The van der Waals surface area contributed by atoms with Gasteiger partial charge in [-0.05, 0) is 32.0 Å². The van der Waals surface area contributed by atoms with Crippen molar-refractivity contribution in [2.24, 2.45) is 4.99 Å². The van der Waals surface area contributed by atoms with Crippen molar-refractivity contribution in [3.05, 3.63) is 72.6 Å². The number of furan rings is 1. The summed E-state index contributed by atoms with van der Waals surface area (Å²) in [6, 6.07) is 8.21. The van der Waals surface area contributed by atoms with Crippen molar-refractivity contribution in [3.63, 3.8) is 0 Å². The Morgan fingerprint density at radius 1 is 1.18 bits per heavy atom. The number of benzene rings is 1. The van der Waals surface area contributed by atoms with Crippen LogP contribution in [0.2, 0.25) is 0 Å². The summed E-state index contributed by atoms with van der Waals surface area (Å²) in [7, 11) is 3.09. The highest BCUT2D eigenvalue weighted by atomic mass is 32.1. The number of thiazole rings is 1. The van der Waals surface area contributed by atoms with E-state index in [2.05, 4.69) is 9.89 Å². The number of methoxy groups -OCH3 is 2. The van der Waals surface area contributed by atoms with E-state index >= 15 is 0 Å². The fourth-order valence-electron chi connectivity index (χ4n) is 4.63. The predicted octanol–water partition coefficient (Wildman–Crippen LogP) is 2.25. The number of aromatic nitrogens is 1. The highest BCUT2D eigenvalue weighted by molar-refractivity contribution is 7.07. The second-order valence-electron chi connectivity index (χ2n) is 8.69. The molecular weight excluding hydrogens is 510 g/mol. The van der Waals surface area contributed by atoms with Gasteiger partial charge >= 0.3 is 5.97 Å². The molecule has 1 atom stereocenters. The lowest BCUT2D eigenvalue weighted by molar-refractivity contribution is -0.139. The standard InChI is InChI=1S/C27H29N3O7S/c1-5-36-26(32)23-16(2)28-27-30(24(23)19-8-6-17(33-3)14-20(19)34-4)25(31)21(38-27)15-18-7-9-22(37-18)29-10-12-35-13-11-29/h6-9,14-15,24H,5,10-13H2,1-4H3. The van der Waals surface area contributed by atoms with Gasteiger partial charge in [-0.25, -0.2) is 9.79 Å². The molecular formula is C27H29N3O7S. The molecule has 0 amide bonds. The van der Waals surface area contributed by atoms with E-state index in [9.17, 15) is 9.59 Å². The van der Waals surface area contributed by atoms with Crippen LogP contribution in [0.1, 0.15) is 31.2 Å². The number of hydrogen-bond acceptors (Lipinski definition) is 10. The second kappa shape index (κ2) is 10.9. The van der Waals surface area contributed by atoms with E-state index in [0.29, 0.717) is 51.1 Å². The fourth-order valence-corrected chi connectivity index (χ4v) is 5.66. The maximum absolute atomic E-state index is 13.8. The topological polar surface area (TPSA) is 105 Å². The number of fused-ring (bicyclic) bond motifs is 1. The van der Waals surface area contributed by atoms with E-state index in [1.54, 1.807) is 45.2 Å². The van der Waals surface area contributed by atoms with E-state index in [0.717, 1.165) is 19.0 Å². The zero-order chi connectivity index (χ0) is 26.8. The molecule has 0 aliphatic carbocycles. The molecule has 10 nitrogen and oxygen atoms in total. The number of rotatable bonds is 7. The van der Waals surface area contributed by atoms with Crippen LogP contribution in [0.3, 0.4) is 0 Å². The van der Waals surface area contributed by atoms with Crippen molar-refractivity contribution in [1.29, 1.82) is 0 Å². The van der Waals surface area contributed by atoms with Crippen LogP contribution in [-0.2, 0) is 14.3 Å².